The molecule has 31 heavy (non-hydrogen) atoms. The summed E-state index contributed by atoms with van der Waals surface area (Å²) in [6, 6.07) is 0. The summed E-state index contributed by atoms with van der Waals surface area (Å²) in [6.07, 6.45) is 8.51. The smallest absolute Gasteiger partial charge is 0.226 e. The van der Waals surface area contributed by atoms with Gasteiger partial charge in [-0.25, -0.2) is 0 Å². The van der Waals surface area contributed by atoms with Crippen molar-refractivity contribution in [3.05, 3.63) is 23.8 Å². The Kier molecular flexibility index (Phi) is 3.93. The minimum absolute atomic E-state index is 0.0140. The van der Waals surface area contributed by atoms with E-state index in [0.717, 1.165) is 31.0 Å². The molecule has 6 nitrogen and oxygen atoms in total. The maximum Gasteiger partial charge on any atom is 0.226 e. The molecule has 0 aromatic carbocycles. The molecule has 0 aromatic heterocycles. The molecule has 0 radical (unpaired) electrons. The lowest BCUT2D eigenvalue weighted by molar-refractivity contribution is -0.206. The molecule has 2 saturated heterocycles. The van der Waals surface area contributed by atoms with Crippen molar-refractivity contribution >= 4 is 22.7 Å². The predicted molar refractivity (Wildman–Crippen MR) is 114 cm³/mol. The number of epoxide rings is 1. The highest BCUT2D eigenvalue weighted by molar-refractivity contribution is 8.13. The molecule has 1 N–H and O–H groups in total. The van der Waals surface area contributed by atoms with Gasteiger partial charge in [-0.1, -0.05) is 30.3 Å². The summed E-state index contributed by atoms with van der Waals surface area (Å²) in [6.45, 7) is 8.13. The second kappa shape index (κ2) is 5.92. The average Bonchev–Trinajstić information content (AvgIpc) is 3.26. The Morgan fingerprint density at radius 1 is 1.19 bits per heavy atom. The Hall–Kier alpha value is -0.990. The molecule has 0 amide bonds. The zero-order valence-electron chi connectivity index (χ0n) is 18.5. The van der Waals surface area contributed by atoms with E-state index in [0.29, 0.717) is 6.42 Å². The highest BCUT2D eigenvalue weighted by atomic mass is 32.2. The first-order valence-electron chi connectivity index (χ1n) is 11.3. The Labute approximate surface area is 186 Å². The Bertz CT molecular complexity index is 956. The fourth-order valence-corrected chi connectivity index (χ4v) is 9.00. The van der Waals surface area contributed by atoms with Gasteiger partial charge in [0.1, 0.15) is 5.60 Å². The van der Waals surface area contributed by atoms with Gasteiger partial charge in [0.15, 0.2) is 17.2 Å². The molecular weight excluding hydrogens is 416 g/mol. The summed E-state index contributed by atoms with van der Waals surface area (Å²) < 4.78 is 19.4. The molecule has 168 valence electrons. The van der Waals surface area contributed by atoms with Gasteiger partial charge in [0.2, 0.25) is 5.12 Å². The zero-order valence-corrected chi connectivity index (χ0v) is 19.3. The van der Waals surface area contributed by atoms with Gasteiger partial charge < -0.3 is 19.3 Å². The summed E-state index contributed by atoms with van der Waals surface area (Å²) in [5.41, 5.74) is -0.948. The number of ether oxygens (including phenoxy) is 3. The maximum atomic E-state index is 13.5. The Morgan fingerprint density at radius 3 is 2.71 bits per heavy atom. The SMILES string of the molecule is CC1(C)O[C@@H]2CC3C4CCC5=CC(=O)C=CC5(C)[C@@]45O[C@@H]5CC3(C)[C@]2(C(=O)SCO)O1. The van der Waals surface area contributed by atoms with Gasteiger partial charge in [-0.3, -0.25) is 9.59 Å². The molecule has 5 fully saturated rings. The van der Waals surface area contributed by atoms with Crippen LogP contribution in [0.15, 0.2) is 23.8 Å². The predicted octanol–water partition coefficient (Wildman–Crippen LogP) is 3.14. The third kappa shape index (κ3) is 2.20. The largest absolute Gasteiger partial charge is 0.385 e. The van der Waals surface area contributed by atoms with Gasteiger partial charge in [-0.05, 0) is 70.4 Å². The van der Waals surface area contributed by atoms with Crippen LogP contribution in [0, 0.1) is 22.7 Å². The van der Waals surface area contributed by atoms with Gasteiger partial charge in [0.25, 0.3) is 0 Å². The molecule has 6 rings (SSSR count). The number of rotatable bonds is 2. The standard InChI is InChI=1S/C24H30O6S/c1-20(2)28-17-10-16-15-6-5-13-9-14(26)7-8-21(13,3)23(15)18(29-23)11-22(16,4)24(17,30-20)19(27)31-12-25/h7-9,15-18,25H,5-6,10-12H2,1-4H3/t15?,16?,17-,18-,21?,22?,23-,24+/m1/s1. The first kappa shape index (κ1) is 20.6. The normalized spacial score (nSPS) is 53.1. The molecule has 0 aromatic rings. The number of ketones is 1. The van der Waals surface area contributed by atoms with Gasteiger partial charge in [-0.2, -0.15) is 0 Å². The van der Waals surface area contributed by atoms with Gasteiger partial charge in [0.05, 0.1) is 18.1 Å². The van der Waals surface area contributed by atoms with Crippen LogP contribution in [-0.2, 0) is 23.8 Å². The number of allylic oxidation sites excluding steroid dienone is 2. The van der Waals surface area contributed by atoms with Crippen LogP contribution in [0.1, 0.15) is 53.4 Å². The van der Waals surface area contributed by atoms with E-state index in [1.807, 2.05) is 13.8 Å². The molecule has 0 bridgehead atoms. The van der Waals surface area contributed by atoms with E-state index >= 15 is 0 Å². The quantitative estimate of drug-likeness (QED) is 0.515. The first-order valence-corrected chi connectivity index (χ1v) is 12.3. The number of aliphatic hydroxyl groups excluding tert-OH is 1. The third-order valence-electron chi connectivity index (χ3n) is 9.43. The Morgan fingerprint density at radius 2 is 1.97 bits per heavy atom. The van der Waals surface area contributed by atoms with E-state index < -0.39 is 16.8 Å². The average molecular weight is 447 g/mol. The van der Waals surface area contributed by atoms with Crippen LogP contribution in [0.25, 0.3) is 0 Å². The molecule has 6 aliphatic rings. The summed E-state index contributed by atoms with van der Waals surface area (Å²) in [5.74, 6) is -0.577. The Balaban J connectivity index is 1.45. The van der Waals surface area contributed by atoms with Crippen LogP contribution in [0.4, 0.5) is 0 Å². The van der Waals surface area contributed by atoms with Crippen molar-refractivity contribution in [2.45, 2.75) is 82.6 Å². The molecule has 7 heteroatoms. The van der Waals surface area contributed by atoms with Crippen molar-refractivity contribution in [2.75, 3.05) is 5.94 Å². The van der Waals surface area contributed by atoms with E-state index in [2.05, 4.69) is 19.9 Å². The minimum atomic E-state index is -1.08. The molecular formula is C24H30O6S. The van der Waals surface area contributed by atoms with E-state index in [1.54, 1.807) is 12.2 Å². The van der Waals surface area contributed by atoms with Crippen molar-refractivity contribution in [1.29, 1.82) is 0 Å². The number of fused-ring (bicyclic) bond motifs is 5. The molecule has 2 heterocycles. The minimum Gasteiger partial charge on any atom is -0.385 e. The van der Waals surface area contributed by atoms with E-state index in [-0.39, 0.29) is 51.9 Å². The maximum absolute atomic E-state index is 13.5. The summed E-state index contributed by atoms with van der Waals surface area (Å²) >= 11 is 0.924. The highest BCUT2D eigenvalue weighted by Crippen LogP contribution is 2.77. The third-order valence-corrected chi connectivity index (χ3v) is 10.1. The first-order chi connectivity index (χ1) is 14.5. The summed E-state index contributed by atoms with van der Waals surface area (Å²) in [4.78, 5) is 25.5. The lowest BCUT2D eigenvalue weighted by Crippen LogP contribution is -2.62. The van der Waals surface area contributed by atoms with Crippen molar-refractivity contribution < 1.29 is 28.9 Å². The number of hydrogen-bond acceptors (Lipinski definition) is 7. The van der Waals surface area contributed by atoms with Crippen LogP contribution in [-0.4, -0.2) is 51.1 Å². The van der Waals surface area contributed by atoms with Crippen LogP contribution >= 0.6 is 11.8 Å². The molecule has 4 aliphatic carbocycles. The number of aliphatic hydroxyl groups is 1. The molecule has 1 spiro atoms. The number of hydrogen-bond donors (Lipinski definition) is 1. The second-order valence-corrected chi connectivity index (χ2v) is 11.9. The lowest BCUT2D eigenvalue weighted by atomic mass is 9.47. The van der Waals surface area contributed by atoms with E-state index in [9.17, 15) is 14.7 Å². The highest BCUT2D eigenvalue weighted by Gasteiger charge is 2.84. The topological polar surface area (TPSA) is 85.4 Å². The molecule has 2 aliphatic heterocycles. The van der Waals surface area contributed by atoms with Gasteiger partial charge in [0, 0.05) is 10.8 Å². The monoisotopic (exact) mass is 446 g/mol. The van der Waals surface area contributed by atoms with Crippen molar-refractivity contribution in [3.8, 4) is 0 Å². The molecule has 8 atom stereocenters. The fraction of sp³-hybridized carbons (Fsp3) is 0.750. The molecule has 4 unspecified atom stereocenters. The van der Waals surface area contributed by atoms with Crippen molar-refractivity contribution in [1.82, 2.24) is 0 Å². The summed E-state index contributed by atoms with van der Waals surface area (Å²) in [5, 5.41) is 9.40. The van der Waals surface area contributed by atoms with Crippen LogP contribution < -0.4 is 0 Å². The van der Waals surface area contributed by atoms with Gasteiger partial charge in [-0.15, -0.1) is 0 Å². The summed E-state index contributed by atoms with van der Waals surface area (Å²) in [7, 11) is 0. The van der Waals surface area contributed by atoms with Crippen LogP contribution in [0.3, 0.4) is 0 Å². The van der Waals surface area contributed by atoms with Crippen LogP contribution in [0.2, 0.25) is 0 Å². The van der Waals surface area contributed by atoms with E-state index in [4.69, 9.17) is 14.2 Å². The molecule has 3 saturated carbocycles. The number of carbonyl (C=O) groups is 2. The zero-order chi connectivity index (χ0) is 22.0. The fourth-order valence-electron chi connectivity index (χ4n) is 8.26. The van der Waals surface area contributed by atoms with Crippen LogP contribution in [0.5, 0.6) is 0 Å². The van der Waals surface area contributed by atoms with Gasteiger partial charge >= 0.3 is 0 Å². The lowest BCUT2D eigenvalue weighted by Gasteiger charge is -2.55. The van der Waals surface area contributed by atoms with Crippen molar-refractivity contribution in [2.24, 2.45) is 22.7 Å². The van der Waals surface area contributed by atoms with E-state index in [1.165, 1.54) is 5.57 Å². The van der Waals surface area contributed by atoms with Crippen molar-refractivity contribution in [3.63, 3.8) is 0 Å². The number of carbonyl (C=O) groups excluding carboxylic acids is 2. The number of thioether (sulfide) groups is 1. The second-order valence-electron chi connectivity index (χ2n) is 11.0.